The van der Waals surface area contributed by atoms with Gasteiger partial charge in [0.2, 0.25) is 0 Å². The number of piperidine rings is 1. The van der Waals surface area contributed by atoms with E-state index < -0.39 is 0 Å². The monoisotopic (exact) mass is 466 g/mol. The van der Waals surface area contributed by atoms with Gasteiger partial charge in [-0.3, -0.25) is 4.79 Å². The second kappa shape index (κ2) is 13.0. The largest absolute Gasteiger partial charge is 0.445 e. The summed E-state index contributed by atoms with van der Waals surface area (Å²) < 4.78 is 5.43. The van der Waals surface area contributed by atoms with Crippen LogP contribution in [0.3, 0.4) is 0 Å². The number of amides is 2. The van der Waals surface area contributed by atoms with E-state index in [0.717, 1.165) is 37.1 Å². The highest BCUT2D eigenvalue weighted by Crippen LogP contribution is 2.21. The minimum atomic E-state index is -0.267. The summed E-state index contributed by atoms with van der Waals surface area (Å²) in [7, 11) is 0. The Morgan fingerprint density at radius 2 is 1.74 bits per heavy atom. The highest BCUT2D eigenvalue weighted by molar-refractivity contribution is 5.94. The molecule has 0 atom stereocenters. The van der Waals surface area contributed by atoms with Crippen molar-refractivity contribution in [3.8, 4) is 0 Å². The van der Waals surface area contributed by atoms with E-state index >= 15 is 0 Å². The van der Waals surface area contributed by atoms with Crippen molar-refractivity contribution in [2.24, 2.45) is 5.92 Å². The predicted molar refractivity (Wildman–Crippen MR) is 135 cm³/mol. The van der Waals surface area contributed by atoms with Gasteiger partial charge in [-0.1, -0.05) is 57.0 Å². The van der Waals surface area contributed by atoms with Gasteiger partial charge in [0.25, 0.3) is 5.91 Å². The van der Waals surface area contributed by atoms with E-state index in [4.69, 9.17) is 4.74 Å². The SMILES string of the molecule is C.O=C(NCC1CCN(C(=O)OCc2ccccc2)CC1)c1ccnc(NC2CCCCC2)c1. The molecule has 0 radical (unpaired) electrons. The Morgan fingerprint density at radius 1 is 1.00 bits per heavy atom. The van der Waals surface area contributed by atoms with E-state index in [0.29, 0.717) is 43.8 Å². The lowest BCUT2D eigenvalue weighted by Gasteiger charge is -2.31. The maximum atomic E-state index is 12.7. The number of ether oxygens (including phenoxy) is 1. The Hall–Kier alpha value is -3.09. The average Bonchev–Trinajstić information content (AvgIpc) is 2.87. The number of carbonyl (C=O) groups is 2. The number of aromatic nitrogens is 1. The van der Waals surface area contributed by atoms with Crippen LogP contribution in [-0.2, 0) is 11.3 Å². The Bertz CT molecular complexity index is 907. The Labute approximate surface area is 203 Å². The maximum Gasteiger partial charge on any atom is 0.410 e. The number of pyridine rings is 1. The van der Waals surface area contributed by atoms with Crippen molar-refractivity contribution < 1.29 is 14.3 Å². The first-order valence-electron chi connectivity index (χ1n) is 12.1. The van der Waals surface area contributed by atoms with Gasteiger partial charge in [0.15, 0.2) is 0 Å². The quantitative estimate of drug-likeness (QED) is 0.583. The first-order chi connectivity index (χ1) is 16.2. The molecule has 1 aromatic carbocycles. The Morgan fingerprint density at radius 3 is 2.47 bits per heavy atom. The van der Waals surface area contributed by atoms with Crippen molar-refractivity contribution in [3.05, 3.63) is 59.8 Å². The van der Waals surface area contributed by atoms with Crippen LogP contribution in [0.1, 0.15) is 68.3 Å². The highest BCUT2D eigenvalue weighted by atomic mass is 16.6. The average molecular weight is 467 g/mol. The van der Waals surface area contributed by atoms with Crippen LogP contribution in [0.5, 0.6) is 0 Å². The minimum Gasteiger partial charge on any atom is -0.445 e. The molecule has 2 fully saturated rings. The van der Waals surface area contributed by atoms with Crippen LogP contribution in [0.4, 0.5) is 10.6 Å². The molecule has 34 heavy (non-hydrogen) atoms. The molecule has 184 valence electrons. The third-order valence-electron chi connectivity index (χ3n) is 6.61. The summed E-state index contributed by atoms with van der Waals surface area (Å²) in [6.45, 7) is 2.20. The van der Waals surface area contributed by atoms with E-state index in [-0.39, 0.29) is 19.4 Å². The van der Waals surface area contributed by atoms with Gasteiger partial charge in [-0.15, -0.1) is 0 Å². The van der Waals surface area contributed by atoms with Crippen LogP contribution in [0.25, 0.3) is 0 Å². The molecule has 1 aromatic heterocycles. The molecule has 2 amide bonds. The molecule has 4 rings (SSSR count). The first kappa shape index (κ1) is 25.5. The van der Waals surface area contributed by atoms with Gasteiger partial charge in [-0.05, 0) is 49.3 Å². The number of nitrogens with zero attached hydrogens (tertiary/aromatic N) is 2. The predicted octanol–water partition coefficient (Wildman–Crippen LogP) is 5.24. The maximum absolute atomic E-state index is 12.7. The lowest BCUT2D eigenvalue weighted by Crippen LogP contribution is -2.41. The summed E-state index contributed by atoms with van der Waals surface area (Å²) in [5.41, 5.74) is 1.61. The Kier molecular flexibility index (Phi) is 9.74. The van der Waals surface area contributed by atoms with E-state index in [1.165, 1.54) is 19.3 Å². The van der Waals surface area contributed by atoms with Crippen LogP contribution in [0, 0.1) is 5.92 Å². The molecule has 1 aliphatic heterocycles. The van der Waals surface area contributed by atoms with Gasteiger partial charge < -0.3 is 20.3 Å². The molecular formula is C27H38N4O3. The molecule has 0 bridgehead atoms. The molecule has 7 nitrogen and oxygen atoms in total. The van der Waals surface area contributed by atoms with Crippen molar-refractivity contribution in [1.82, 2.24) is 15.2 Å². The van der Waals surface area contributed by atoms with Crippen LogP contribution in [0.15, 0.2) is 48.7 Å². The number of carbonyl (C=O) groups excluding carboxylic acids is 2. The van der Waals surface area contributed by atoms with Crippen molar-refractivity contribution in [2.75, 3.05) is 25.0 Å². The molecule has 2 heterocycles. The number of nitrogens with one attached hydrogen (secondary N) is 2. The van der Waals surface area contributed by atoms with Gasteiger partial charge in [0.1, 0.15) is 12.4 Å². The summed E-state index contributed by atoms with van der Waals surface area (Å²) in [6, 6.07) is 13.7. The topological polar surface area (TPSA) is 83.6 Å². The fourth-order valence-corrected chi connectivity index (χ4v) is 4.58. The van der Waals surface area contributed by atoms with Crippen LogP contribution in [0.2, 0.25) is 0 Å². The molecule has 2 aromatic rings. The van der Waals surface area contributed by atoms with Crippen LogP contribution in [-0.4, -0.2) is 47.6 Å². The van der Waals surface area contributed by atoms with E-state index in [1.54, 1.807) is 17.2 Å². The van der Waals surface area contributed by atoms with Gasteiger partial charge in [0, 0.05) is 37.4 Å². The van der Waals surface area contributed by atoms with Gasteiger partial charge in [0.05, 0.1) is 0 Å². The summed E-state index contributed by atoms with van der Waals surface area (Å²) in [4.78, 5) is 31.1. The zero-order chi connectivity index (χ0) is 22.9. The minimum absolute atomic E-state index is 0. The van der Waals surface area contributed by atoms with Crippen molar-refractivity contribution in [3.63, 3.8) is 0 Å². The molecule has 0 unspecified atom stereocenters. The molecule has 7 heteroatoms. The van der Waals surface area contributed by atoms with E-state index in [9.17, 15) is 9.59 Å². The molecule has 0 spiro atoms. The summed E-state index contributed by atoms with van der Waals surface area (Å²) in [6.07, 6.45) is 9.27. The molecule has 1 saturated carbocycles. The van der Waals surface area contributed by atoms with Crippen LogP contribution >= 0.6 is 0 Å². The van der Waals surface area contributed by atoms with Gasteiger partial charge in [-0.25, -0.2) is 9.78 Å². The number of anilines is 1. The molecule has 1 saturated heterocycles. The zero-order valence-electron chi connectivity index (χ0n) is 19.2. The van der Waals surface area contributed by atoms with Crippen molar-refractivity contribution >= 4 is 17.8 Å². The van der Waals surface area contributed by atoms with E-state index in [2.05, 4.69) is 15.6 Å². The summed E-state index contributed by atoms with van der Waals surface area (Å²) in [5, 5.41) is 6.54. The smallest absolute Gasteiger partial charge is 0.410 e. The van der Waals surface area contributed by atoms with Crippen molar-refractivity contribution in [2.45, 2.75) is 65.0 Å². The lowest BCUT2D eigenvalue weighted by molar-refractivity contribution is 0.0801. The first-order valence-corrected chi connectivity index (χ1v) is 12.1. The standard InChI is InChI=1S/C26H34N4O3.CH4/c31-25(22-11-14-27-24(17-22)29-23-9-5-2-6-10-23)28-18-20-12-15-30(16-13-20)26(32)33-19-21-7-3-1-4-8-21;/h1,3-4,7-8,11,14,17,20,23H,2,5-6,9-10,12-13,15-16,18-19H2,(H,27,29)(H,28,31);1H4. The van der Waals surface area contributed by atoms with Gasteiger partial charge in [-0.2, -0.15) is 0 Å². The van der Waals surface area contributed by atoms with E-state index in [1.807, 2.05) is 36.4 Å². The number of rotatable bonds is 7. The van der Waals surface area contributed by atoms with Crippen molar-refractivity contribution in [1.29, 1.82) is 0 Å². The summed E-state index contributed by atoms with van der Waals surface area (Å²) in [5.74, 6) is 1.06. The lowest BCUT2D eigenvalue weighted by atomic mass is 9.95. The number of hydrogen-bond acceptors (Lipinski definition) is 5. The molecular weight excluding hydrogens is 428 g/mol. The summed E-state index contributed by atoms with van der Waals surface area (Å²) >= 11 is 0. The number of benzene rings is 1. The molecule has 1 aliphatic carbocycles. The second-order valence-electron chi connectivity index (χ2n) is 9.09. The third-order valence-corrected chi connectivity index (χ3v) is 6.61. The fraction of sp³-hybridized carbons (Fsp3) is 0.519. The third kappa shape index (κ3) is 7.47. The highest BCUT2D eigenvalue weighted by Gasteiger charge is 2.24. The molecule has 2 aliphatic rings. The van der Waals surface area contributed by atoms with Crippen LogP contribution < -0.4 is 10.6 Å². The fourth-order valence-electron chi connectivity index (χ4n) is 4.58. The number of likely N-dealkylation sites (tertiary alicyclic amines) is 1. The normalized spacial score (nSPS) is 16.9. The van der Waals surface area contributed by atoms with Gasteiger partial charge >= 0.3 is 6.09 Å². The molecule has 2 N–H and O–H groups in total. The second-order valence-corrected chi connectivity index (χ2v) is 9.09. The Balaban J connectivity index is 0.00000324. The zero-order valence-corrected chi connectivity index (χ0v) is 19.2. The number of hydrogen-bond donors (Lipinski definition) is 2.